The largest absolute Gasteiger partial charge is 0.490 e. The van der Waals surface area contributed by atoms with Gasteiger partial charge in [-0.2, -0.15) is 0 Å². The number of ether oxygens (including phenoxy) is 2. The normalized spacial score (nSPS) is 32.9. The van der Waals surface area contributed by atoms with Crippen molar-refractivity contribution >= 4 is 39.2 Å². The van der Waals surface area contributed by atoms with Gasteiger partial charge in [-0.1, -0.05) is 23.7 Å². The number of carbonyl (C=O) groups is 2. The van der Waals surface area contributed by atoms with Gasteiger partial charge < -0.3 is 14.4 Å². The monoisotopic (exact) mass is 666 g/mol. The summed E-state index contributed by atoms with van der Waals surface area (Å²) in [5.41, 5.74) is 3.27. The Morgan fingerprint density at radius 3 is 2.63 bits per heavy atom. The number of rotatable bonds is 2. The Hall–Kier alpha value is -3.04. The number of fused-ring (bicyclic) bond motifs is 4. The van der Waals surface area contributed by atoms with E-state index in [4.69, 9.17) is 21.1 Å². The van der Waals surface area contributed by atoms with E-state index in [1.165, 1.54) is 18.1 Å². The molecule has 0 aromatic heterocycles. The molecule has 2 bridgehead atoms. The standard InChI is InChI=1S/C36H43ClN2O6S/c1-22-29(24-8-9-24)6-3-7-33(45-23(2)40)30-13-10-27(30)19-39-20-36(16-4-5-25-17-28(37)12-14-31(25)36)21-44-34-15-11-26(18-32(34)39)35(41)38-46(22,42)43/h3,7,11-12,14-15,17-18,22,24,27,29-30,33H,4-6,8-10,13,16,19-21H2,1-2H3,(H,38,41)/b7-3+/t22-,27+,29-,30-,33+,36+/m1/s1. The molecular weight excluding hydrogens is 624 g/mol. The summed E-state index contributed by atoms with van der Waals surface area (Å²) in [7, 11) is -3.96. The van der Waals surface area contributed by atoms with E-state index < -0.39 is 21.2 Å². The molecule has 46 heavy (non-hydrogen) atoms. The van der Waals surface area contributed by atoms with Gasteiger partial charge in [-0.15, -0.1) is 0 Å². The average Bonchev–Trinajstić information content (AvgIpc) is 3.84. The first-order valence-electron chi connectivity index (χ1n) is 16.7. The Bertz CT molecular complexity index is 1670. The van der Waals surface area contributed by atoms with Gasteiger partial charge in [0, 0.05) is 41.9 Å². The molecule has 0 radical (unpaired) electrons. The molecule has 8 nitrogen and oxygen atoms in total. The average molecular weight is 667 g/mol. The number of benzene rings is 2. The number of hydrogen-bond acceptors (Lipinski definition) is 7. The highest BCUT2D eigenvalue weighted by molar-refractivity contribution is 7.90. The number of halogens is 1. The third-order valence-corrected chi connectivity index (χ3v) is 13.3. The first-order valence-corrected chi connectivity index (χ1v) is 18.7. The Morgan fingerprint density at radius 1 is 1.09 bits per heavy atom. The van der Waals surface area contributed by atoms with Gasteiger partial charge in [0.05, 0.1) is 17.5 Å². The van der Waals surface area contributed by atoms with Crippen molar-refractivity contribution in [3.05, 3.63) is 70.3 Å². The molecule has 2 aliphatic heterocycles. The quantitative estimate of drug-likeness (QED) is 0.301. The van der Waals surface area contributed by atoms with Crippen molar-refractivity contribution in [1.82, 2.24) is 4.72 Å². The van der Waals surface area contributed by atoms with Gasteiger partial charge in [-0.3, -0.25) is 9.59 Å². The van der Waals surface area contributed by atoms with Crippen molar-refractivity contribution < 1.29 is 27.5 Å². The van der Waals surface area contributed by atoms with Crippen molar-refractivity contribution in [1.29, 1.82) is 0 Å². The molecule has 1 N–H and O–H groups in total. The zero-order chi connectivity index (χ0) is 32.2. The number of aryl methyl sites for hydroxylation is 1. The van der Waals surface area contributed by atoms with Crippen LogP contribution in [0.3, 0.4) is 0 Å². The van der Waals surface area contributed by atoms with Crippen LogP contribution in [0.5, 0.6) is 5.75 Å². The molecule has 2 fully saturated rings. The highest BCUT2D eigenvalue weighted by atomic mass is 35.5. The second-order valence-electron chi connectivity index (χ2n) is 14.2. The third-order valence-electron chi connectivity index (χ3n) is 11.2. The molecule has 0 saturated heterocycles. The zero-order valence-corrected chi connectivity index (χ0v) is 28.1. The van der Waals surface area contributed by atoms with Crippen LogP contribution in [0.1, 0.15) is 80.3 Å². The summed E-state index contributed by atoms with van der Waals surface area (Å²) in [6.45, 7) is 5.00. The Labute approximate surface area is 276 Å². The molecule has 5 aliphatic rings. The van der Waals surface area contributed by atoms with E-state index in [0.717, 1.165) is 55.7 Å². The minimum atomic E-state index is -3.96. The minimum absolute atomic E-state index is 0.134. The summed E-state index contributed by atoms with van der Waals surface area (Å²) in [5.74, 6) is 0.287. The lowest BCUT2D eigenvalue weighted by atomic mass is 9.68. The van der Waals surface area contributed by atoms with Crippen LogP contribution < -0.4 is 14.4 Å². The van der Waals surface area contributed by atoms with Crippen LogP contribution >= 0.6 is 11.6 Å². The fourth-order valence-electron chi connectivity index (χ4n) is 8.43. The van der Waals surface area contributed by atoms with E-state index in [1.807, 2.05) is 18.2 Å². The van der Waals surface area contributed by atoms with Crippen molar-refractivity contribution in [2.45, 2.75) is 82.0 Å². The molecule has 6 atom stereocenters. The van der Waals surface area contributed by atoms with Gasteiger partial charge in [0.1, 0.15) is 11.9 Å². The van der Waals surface area contributed by atoms with E-state index in [1.54, 1.807) is 25.1 Å². The smallest absolute Gasteiger partial charge is 0.303 e. The van der Waals surface area contributed by atoms with Gasteiger partial charge in [-0.05, 0) is 124 Å². The number of carbonyl (C=O) groups excluding carboxylic acids is 2. The molecule has 2 heterocycles. The highest BCUT2D eigenvalue weighted by Gasteiger charge is 2.45. The van der Waals surface area contributed by atoms with E-state index >= 15 is 0 Å². The summed E-state index contributed by atoms with van der Waals surface area (Å²) in [5, 5.41) is -0.0329. The van der Waals surface area contributed by atoms with Crippen molar-refractivity contribution in [3.63, 3.8) is 0 Å². The van der Waals surface area contributed by atoms with E-state index in [0.29, 0.717) is 37.8 Å². The summed E-state index contributed by atoms with van der Waals surface area (Å²) >= 11 is 6.42. The summed E-state index contributed by atoms with van der Waals surface area (Å²) in [6.07, 6.45) is 11.0. The first-order chi connectivity index (χ1) is 22.0. The van der Waals surface area contributed by atoms with Crippen LogP contribution in [0.4, 0.5) is 5.69 Å². The van der Waals surface area contributed by atoms with Gasteiger partial charge in [0.15, 0.2) is 0 Å². The van der Waals surface area contributed by atoms with Crippen LogP contribution in [0.25, 0.3) is 0 Å². The summed E-state index contributed by atoms with van der Waals surface area (Å²) < 4.78 is 42.1. The zero-order valence-electron chi connectivity index (χ0n) is 26.5. The van der Waals surface area contributed by atoms with Gasteiger partial charge in [0.2, 0.25) is 10.0 Å². The molecular formula is C36H43ClN2O6S. The third kappa shape index (κ3) is 6.05. The number of hydrogen-bond donors (Lipinski definition) is 1. The number of nitrogens with zero attached hydrogens (tertiary/aromatic N) is 1. The molecule has 2 saturated carbocycles. The second-order valence-corrected chi connectivity index (χ2v) is 16.7. The fourth-order valence-corrected chi connectivity index (χ4v) is 9.98. The molecule has 246 valence electrons. The Kier molecular flexibility index (Phi) is 8.37. The van der Waals surface area contributed by atoms with Crippen LogP contribution in [0.2, 0.25) is 5.02 Å². The molecule has 3 aliphatic carbocycles. The number of esters is 1. The second kappa shape index (κ2) is 12.2. The molecule has 2 aromatic carbocycles. The maximum Gasteiger partial charge on any atom is 0.303 e. The van der Waals surface area contributed by atoms with Crippen LogP contribution in [-0.2, 0) is 31.4 Å². The topological polar surface area (TPSA) is 102 Å². The molecule has 2 aromatic rings. The lowest BCUT2D eigenvalue weighted by Crippen LogP contribution is -2.50. The number of amides is 1. The molecule has 7 rings (SSSR count). The molecule has 1 spiro atoms. The van der Waals surface area contributed by atoms with Crippen LogP contribution in [0, 0.1) is 23.7 Å². The van der Waals surface area contributed by atoms with Crippen molar-refractivity contribution in [2.24, 2.45) is 23.7 Å². The highest BCUT2D eigenvalue weighted by Crippen LogP contribution is 2.47. The summed E-state index contributed by atoms with van der Waals surface area (Å²) in [6, 6.07) is 11.4. The van der Waals surface area contributed by atoms with Crippen molar-refractivity contribution in [3.8, 4) is 5.75 Å². The Morgan fingerprint density at radius 2 is 1.89 bits per heavy atom. The fraction of sp³-hybridized carbons (Fsp3) is 0.556. The molecule has 10 heteroatoms. The van der Waals surface area contributed by atoms with Gasteiger partial charge in [-0.25, -0.2) is 13.1 Å². The van der Waals surface area contributed by atoms with E-state index in [9.17, 15) is 18.0 Å². The number of sulfonamides is 1. The van der Waals surface area contributed by atoms with Crippen LogP contribution in [0.15, 0.2) is 48.6 Å². The number of allylic oxidation sites excluding steroid dienone is 1. The molecule has 0 unspecified atom stereocenters. The van der Waals surface area contributed by atoms with Gasteiger partial charge in [0.25, 0.3) is 5.91 Å². The maximum atomic E-state index is 13.6. The van der Waals surface area contributed by atoms with E-state index in [-0.39, 0.29) is 40.8 Å². The predicted molar refractivity (Wildman–Crippen MR) is 178 cm³/mol. The first kappa shape index (κ1) is 31.6. The summed E-state index contributed by atoms with van der Waals surface area (Å²) in [4.78, 5) is 28.2. The molecule has 1 amide bonds. The number of nitrogens with one attached hydrogen (secondary N) is 1. The van der Waals surface area contributed by atoms with Gasteiger partial charge >= 0.3 is 5.97 Å². The Balaban J connectivity index is 1.30. The SMILES string of the molecule is CC(=O)O[C@H]1/C=C/C[C@@H](C2CC2)[C@@H](C)S(=O)(=O)NC(=O)c2ccc3c(c2)N(C[C@@H]2CC[C@H]21)C[C@@]1(CCCc2cc(Cl)ccc21)CO3. The lowest BCUT2D eigenvalue weighted by Gasteiger charge is -2.46. The minimum Gasteiger partial charge on any atom is -0.490 e. The van der Waals surface area contributed by atoms with Crippen molar-refractivity contribution in [2.75, 3.05) is 24.6 Å². The van der Waals surface area contributed by atoms with Crippen LogP contribution in [-0.4, -0.2) is 51.3 Å². The maximum absolute atomic E-state index is 13.6. The number of anilines is 1. The van der Waals surface area contributed by atoms with E-state index in [2.05, 4.69) is 21.8 Å². The lowest BCUT2D eigenvalue weighted by molar-refractivity contribution is -0.149. The predicted octanol–water partition coefficient (Wildman–Crippen LogP) is 6.21.